The van der Waals surface area contributed by atoms with Crippen LogP contribution in [0.5, 0.6) is 0 Å². The van der Waals surface area contributed by atoms with Gasteiger partial charge in [0.25, 0.3) is 0 Å². The molecule has 0 radical (unpaired) electrons. The molecule has 3 aromatic rings. The van der Waals surface area contributed by atoms with Gasteiger partial charge in [-0.2, -0.15) is 0 Å². The maximum atomic E-state index is 11.4. The molecular weight excluding hydrogens is 288 g/mol. The van der Waals surface area contributed by atoms with Crippen molar-refractivity contribution in [2.75, 3.05) is 7.11 Å². The first-order valence-electron chi connectivity index (χ1n) is 6.42. The predicted molar refractivity (Wildman–Crippen MR) is 80.5 cm³/mol. The maximum absolute atomic E-state index is 11.4. The number of furan rings is 1. The molecule has 108 valence electrons. The molecule has 0 amide bonds. The first-order valence-corrected chi connectivity index (χ1v) is 7.24. The lowest BCUT2D eigenvalue weighted by molar-refractivity contribution is 0.0527. The molecule has 5 heteroatoms. The van der Waals surface area contributed by atoms with Crippen LogP contribution in [0.25, 0.3) is 10.1 Å². The Morgan fingerprint density at radius 1 is 1.29 bits per heavy atom. The highest BCUT2D eigenvalue weighted by molar-refractivity contribution is 7.19. The molecule has 1 N–H and O–H groups in total. The third kappa shape index (κ3) is 2.34. The molecule has 4 nitrogen and oxygen atoms in total. The van der Waals surface area contributed by atoms with Crippen LogP contribution in [0.1, 0.15) is 28.1 Å². The monoisotopic (exact) mass is 302 g/mol. The summed E-state index contributed by atoms with van der Waals surface area (Å²) in [6, 6.07) is 12.9. The SMILES string of the molecule is COC(=O)c1ccc(C(C)(O)c2cc3ccccc3s2)o1. The molecule has 0 bridgehead atoms. The lowest BCUT2D eigenvalue weighted by Gasteiger charge is -2.18. The molecule has 2 aromatic heterocycles. The Hall–Kier alpha value is -2.11. The van der Waals surface area contributed by atoms with E-state index in [4.69, 9.17) is 4.42 Å². The highest BCUT2D eigenvalue weighted by atomic mass is 32.1. The van der Waals surface area contributed by atoms with Gasteiger partial charge in [0.2, 0.25) is 5.76 Å². The van der Waals surface area contributed by atoms with E-state index in [1.165, 1.54) is 24.5 Å². The average Bonchev–Trinajstić information content (AvgIpc) is 3.13. The van der Waals surface area contributed by atoms with Gasteiger partial charge in [0, 0.05) is 9.58 Å². The fourth-order valence-electron chi connectivity index (χ4n) is 2.15. The minimum absolute atomic E-state index is 0.0777. The summed E-state index contributed by atoms with van der Waals surface area (Å²) in [5.74, 6) is -0.170. The number of thiophene rings is 1. The van der Waals surface area contributed by atoms with Gasteiger partial charge in [0.1, 0.15) is 5.76 Å². The largest absolute Gasteiger partial charge is 0.463 e. The number of ether oxygens (including phenoxy) is 1. The van der Waals surface area contributed by atoms with E-state index in [0.717, 1.165) is 15.0 Å². The first kappa shape index (κ1) is 13.9. The maximum Gasteiger partial charge on any atom is 0.373 e. The Bertz CT molecular complexity index is 764. The Morgan fingerprint density at radius 3 is 2.76 bits per heavy atom. The summed E-state index contributed by atoms with van der Waals surface area (Å²) in [5, 5.41) is 11.9. The summed E-state index contributed by atoms with van der Waals surface area (Å²) >= 11 is 1.50. The van der Waals surface area contributed by atoms with Crippen molar-refractivity contribution in [3.63, 3.8) is 0 Å². The summed E-state index contributed by atoms with van der Waals surface area (Å²) < 4.78 is 11.1. The van der Waals surface area contributed by atoms with E-state index in [9.17, 15) is 9.90 Å². The van der Waals surface area contributed by atoms with Gasteiger partial charge in [-0.25, -0.2) is 4.79 Å². The average molecular weight is 302 g/mol. The normalized spacial score (nSPS) is 14.0. The number of fused-ring (bicyclic) bond motifs is 1. The number of aliphatic hydroxyl groups is 1. The summed E-state index contributed by atoms with van der Waals surface area (Å²) in [6.45, 7) is 1.65. The molecule has 1 atom stereocenters. The zero-order valence-corrected chi connectivity index (χ0v) is 12.4. The second kappa shape index (κ2) is 5.02. The van der Waals surface area contributed by atoms with Gasteiger partial charge in [-0.15, -0.1) is 11.3 Å². The minimum Gasteiger partial charge on any atom is -0.463 e. The van der Waals surface area contributed by atoms with Gasteiger partial charge in [-0.05, 0) is 36.6 Å². The van der Waals surface area contributed by atoms with E-state index < -0.39 is 11.6 Å². The molecule has 2 heterocycles. The Labute approximate surface area is 125 Å². The van der Waals surface area contributed by atoms with E-state index in [-0.39, 0.29) is 5.76 Å². The zero-order valence-electron chi connectivity index (χ0n) is 11.6. The third-order valence-electron chi connectivity index (χ3n) is 3.38. The molecule has 3 rings (SSSR count). The van der Waals surface area contributed by atoms with Crippen molar-refractivity contribution in [1.29, 1.82) is 0 Å². The quantitative estimate of drug-likeness (QED) is 0.752. The van der Waals surface area contributed by atoms with Crippen LogP contribution in [0.15, 0.2) is 46.9 Å². The van der Waals surface area contributed by atoms with Crippen LogP contribution in [0.3, 0.4) is 0 Å². The highest BCUT2D eigenvalue weighted by Gasteiger charge is 2.32. The first-order chi connectivity index (χ1) is 10.0. The molecule has 0 aliphatic carbocycles. The van der Waals surface area contributed by atoms with Gasteiger partial charge < -0.3 is 14.3 Å². The number of rotatable bonds is 3. The van der Waals surface area contributed by atoms with Gasteiger partial charge in [0.05, 0.1) is 7.11 Å². The van der Waals surface area contributed by atoms with Gasteiger partial charge >= 0.3 is 5.97 Å². The highest BCUT2D eigenvalue weighted by Crippen LogP contribution is 2.37. The number of carbonyl (C=O) groups is 1. The number of carbonyl (C=O) groups excluding carboxylic acids is 1. The second-order valence-electron chi connectivity index (χ2n) is 4.88. The number of methoxy groups -OCH3 is 1. The lowest BCUT2D eigenvalue weighted by atomic mass is 10.0. The molecule has 0 aliphatic rings. The molecule has 0 fully saturated rings. The molecule has 1 aromatic carbocycles. The molecule has 21 heavy (non-hydrogen) atoms. The van der Waals surface area contributed by atoms with Gasteiger partial charge in [-0.3, -0.25) is 0 Å². The number of benzene rings is 1. The fraction of sp³-hybridized carbons (Fsp3) is 0.188. The van der Waals surface area contributed by atoms with Crippen molar-refractivity contribution in [1.82, 2.24) is 0 Å². The smallest absolute Gasteiger partial charge is 0.373 e. The van der Waals surface area contributed by atoms with Crippen molar-refractivity contribution < 1.29 is 19.1 Å². The third-order valence-corrected chi connectivity index (χ3v) is 4.70. The number of esters is 1. The van der Waals surface area contributed by atoms with Crippen molar-refractivity contribution in [3.05, 3.63) is 58.9 Å². The van der Waals surface area contributed by atoms with Crippen molar-refractivity contribution in [2.24, 2.45) is 0 Å². The topological polar surface area (TPSA) is 59.7 Å². The van der Waals surface area contributed by atoms with Crippen LogP contribution in [0, 0.1) is 0 Å². The molecule has 0 saturated heterocycles. The Morgan fingerprint density at radius 2 is 2.05 bits per heavy atom. The van der Waals surface area contributed by atoms with Crippen LogP contribution < -0.4 is 0 Å². The number of hydrogen-bond acceptors (Lipinski definition) is 5. The van der Waals surface area contributed by atoms with E-state index in [1.807, 2.05) is 30.3 Å². The van der Waals surface area contributed by atoms with Crippen LogP contribution >= 0.6 is 11.3 Å². The van der Waals surface area contributed by atoms with Crippen molar-refractivity contribution >= 4 is 27.4 Å². The number of hydrogen-bond donors (Lipinski definition) is 1. The van der Waals surface area contributed by atoms with E-state index in [0.29, 0.717) is 5.76 Å². The summed E-state index contributed by atoms with van der Waals surface area (Å²) in [5.41, 5.74) is -1.30. The standard InChI is InChI=1S/C16H14O4S/c1-16(18,13-8-7-11(20-13)15(17)19-2)14-9-10-5-3-4-6-12(10)21-14/h3-9,18H,1-2H3. The molecule has 0 saturated carbocycles. The van der Waals surface area contributed by atoms with Crippen LogP contribution in [0.2, 0.25) is 0 Å². The van der Waals surface area contributed by atoms with Crippen molar-refractivity contribution in [3.8, 4) is 0 Å². The van der Waals surface area contributed by atoms with Crippen LogP contribution in [-0.2, 0) is 10.3 Å². The fourth-order valence-corrected chi connectivity index (χ4v) is 3.27. The van der Waals surface area contributed by atoms with E-state index in [1.54, 1.807) is 13.0 Å². The van der Waals surface area contributed by atoms with Crippen LogP contribution in [-0.4, -0.2) is 18.2 Å². The second-order valence-corrected chi connectivity index (χ2v) is 5.96. The molecule has 1 unspecified atom stereocenters. The summed E-state index contributed by atoms with van der Waals surface area (Å²) in [7, 11) is 1.29. The Balaban J connectivity index is 2.02. The zero-order chi connectivity index (χ0) is 15.0. The van der Waals surface area contributed by atoms with Gasteiger partial charge in [-0.1, -0.05) is 18.2 Å². The van der Waals surface area contributed by atoms with Crippen LogP contribution in [0.4, 0.5) is 0 Å². The summed E-state index contributed by atoms with van der Waals surface area (Å²) in [6.07, 6.45) is 0. The van der Waals surface area contributed by atoms with Gasteiger partial charge in [0.15, 0.2) is 5.60 Å². The molecule has 0 aliphatic heterocycles. The lowest BCUT2D eigenvalue weighted by Crippen LogP contribution is -2.20. The van der Waals surface area contributed by atoms with Crippen molar-refractivity contribution in [2.45, 2.75) is 12.5 Å². The molecular formula is C16H14O4S. The van der Waals surface area contributed by atoms with E-state index in [2.05, 4.69) is 4.74 Å². The predicted octanol–water partition coefficient (Wildman–Crippen LogP) is 3.54. The minimum atomic E-state index is -1.30. The molecule has 0 spiro atoms. The Kier molecular flexibility index (Phi) is 3.31. The van der Waals surface area contributed by atoms with E-state index >= 15 is 0 Å². The summed E-state index contributed by atoms with van der Waals surface area (Å²) in [4.78, 5) is 12.2.